The van der Waals surface area contributed by atoms with Crippen molar-refractivity contribution in [3.63, 3.8) is 0 Å². The minimum absolute atomic E-state index is 0.481. The average Bonchev–Trinajstić information content (AvgIpc) is 2.20. The van der Waals surface area contributed by atoms with E-state index in [0.29, 0.717) is 3.03 Å². The molecule has 0 aliphatic heterocycles. The van der Waals surface area contributed by atoms with Crippen LogP contribution in [0.2, 0.25) is 0 Å². The van der Waals surface area contributed by atoms with Crippen LogP contribution in [0.3, 0.4) is 0 Å². The van der Waals surface area contributed by atoms with Crippen LogP contribution in [0.25, 0.3) is 0 Å². The van der Waals surface area contributed by atoms with E-state index in [2.05, 4.69) is 6.92 Å². The first kappa shape index (κ1) is 15.7. The van der Waals surface area contributed by atoms with Gasteiger partial charge in [0.15, 0.2) is 0 Å². The van der Waals surface area contributed by atoms with E-state index in [1.807, 2.05) is 0 Å². The molecule has 0 atom stereocenters. The van der Waals surface area contributed by atoms with E-state index >= 15 is 0 Å². The summed E-state index contributed by atoms with van der Waals surface area (Å²) in [5, 5.41) is 0. The molecule has 0 saturated carbocycles. The van der Waals surface area contributed by atoms with Crippen molar-refractivity contribution in [2.24, 2.45) is 0 Å². The van der Waals surface area contributed by atoms with Crippen molar-refractivity contribution in [2.45, 2.75) is 77.6 Å². The van der Waals surface area contributed by atoms with E-state index < -0.39 is 0 Å². The van der Waals surface area contributed by atoms with Crippen molar-refractivity contribution in [3.05, 3.63) is 0 Å². The summed E-state index contributed by atoms with van der Waals surface area (Å²) < 4.78 is 0.481. The molecule has 0 aromatic rings. The second-order valence-electron chi connectivity index (χ2n) is 4.63. The zero-order chi connectivity index (χ0) is 11.4. The quantitative estimate of drug-likeness (QED) is 0.380. The van der Waals surface area contributed by atoms with Gasteiger partial charge in [0.05, 0.1) is 0 Å². The molecule has 0 saturated heterocycles. The molecular formula is C13H25NaO. The fourth-order valence-corrected chi connectivity index (χ4v) is 2.21. The van der Waals surface area contributed by atoms with E-state index in [-0.39, 0.29) is 0 Å². The number of hydrogen-bond acceptors (Lipinski definition) is 1. The second-order valence-corrected chi connectivity index (χ2v) is 5.75. The van der Waals surface area contributed by atoms with Crippen LogP contribution in [0, 0.1) is 0 Å². The van der Waals surface area contributed by atoms with Gasteiger partial charge < -0.3 is 0 Å². The summed E-state index contributed by atoms with van der Waals surface area (Å²) in [5.74, 6) is 0. The summed E-state index contributed by atoms with van der Waals surface area (Å²) in [5.41, 5.74) is 0. The van der Waals surface area contributed by atoms with E-state index in [9.17, 15) is 4.79 Å². The van der Waals surface area contributed by atoms with E-state index in [0.717, 1.165) is 40.8 Å². The van der Waals surface area contributed by atoms with E-state index in [4.69, 9.17) is 0 Å². The molecule has 0 bridgehead atoms. The van der Waals surface area contributed by atoms with Gasteiger partial charge in [-0.2, -0.15) is 0 Å². The molecule has 0 fully saturated rings. The molecular weight excluding hydrogens is 195 g/mol. The van der Waals surface area contributed by atoms with Gasteiger partial charge in [-0.1, -0.05) is 6.92 Å². The van der Waals surface area contributed by atoms with Gasteiger partial charge in [0.2, 0.25) is 0 Å². The summed E-state index contributed by atoms with van der Waals surface area (Å²) in [4.78, 5) is 10.7. The average molecular weight is 220 g/mol. The molecule has 0 rings (SSSR count). The summed E-state index contributed by atoms with van der Waals surface area (Å²) in [6.45, 7) is 2.26. The van der Waals surface area contributed by atoms with Crippen LogP contribution in [-0.2, 0) is 4.79 Å². The van der Waals surface area contributed by atoms with Crippen molar-refractivity contribution in [1.82, 2.24) is 0 Å². The first-order chi connectivity index (χ1) is 7.27. The molecule has 0 heterocycles. The van der Waals surface area contributed by atoms with Gasteiger partial charge in [-0.15, -0.1) is 0 Å². The fourth-order valence-electron chi connectivity index (χ4n) is 1.86. The van der Waals surface area contributed by atoms with Crippen LogP contribution >= 0.6 is 0 Å². The van der Waals surface area contributed by atoms with Crippen molar-refractivity contribution >= 4 is 31.0 Å². The zero-order valence-electron chi connectivity index (χ0n) is 10.7. The summed E-state index contributed by atoms with van der Waals surface area (Å²) in [6.07, 6.45) is 14.4. The molecule has 2 heteroatoms. The Balaban J connectivity index is 2.89. The SMILES string of the molecule is CCCCCCCCCCCC[C](=O)[Na]. The Kier molecular flexibility index (Phi) is 13.3. The van der Waals surface area contributed by atoms with Gasteiger partial charge in [-0.3, -0.25) is 0 Å². The topological polar surface area (TPSA) is 17.1 Å². The standard InChI is InChI=1S/C13H25O.Na/c1-2-3-4-5-6-7-8-9-10-11-12-13-14;/h2-12H2,1H3;. The van der Waals surface area contributed by atoms with Gasteiger partial charge in [-0.25, -0.2) is 0 Å². The van der Waals surface area contributed by atoms with Crippen LogP contribution in [0.4, 0.5) is 0 Å². The molecule has 0 aromatic heterocycles. The van der Waals surface area contributed by atoms with Gasteiger partial charge in [0, 0.05) is 0 Å². The van der Waals surface area contributed by atoms with Crippen LogP contribution < -0.4 is 0 Å². The molecule has 0 radical (unpaired) electrons. The number of carbonyl (C=O) groups excluding carboxylic acids is 1. The molecule has 0 aromatic carbocycles. The number of carbonyl (C=O) groups is 1. The molecule has 0 aliphatic carbocycles. The molecule has 0 spiro atoms. The van der Waals surface area contributed by atoms with Crippen molar-refractivity contribution < 1.29 is 4.79 Å². The van der Waals surface area contributed by atoms with Gasteiger partial charge in [0.25, 0.3) is 0 Å². The monoisotopic (exact) mass is 220 g/mol. The summed E-state index contributed by atoms with van der Waals surface area (Å²) in [7, 11) is 0. The zero-order valence-corrected chi connectivity index (χ0v) is 12.7. The number of hydrogen-bond donors (Lipinski definition) is 0. The maximum atomic E-state index is 10.7. The predicted molar refractivity (Wildman–Crippen MR) is 67.2 cm³/mol. The predicted octanol–water partition coefficient (Wildman–Crippen LogP) is 3.99. The van der Waals surface area contributed by atoms with Crippen molar-refractivity contribution in [1.29, 1.82) is 0 Å². The Morgan fingerprint density at radius 1 is 0.800 bits per heavy atom. The molecule has 15 heavy (non-hydrogen) atoms. The second kappa shape index (κ2) is 12.7. The molecule has 0 aliphatic rings. The summed E-state index contributed by atoms with van der Waals surface area (Å²) in [6, 6.07) is 0. The molecule has 84 valence electrons. The molecule has 0 unspecified atom stereocenters. The van der Waals surface area contributed by atoms with E-state index in [1.165, 1.54) is 57.8 Å². The van der Waals surface area contributed by atoms with Crippen molar-refractivity contribution in [3.8, 4) is 0 Å². The third-order valence-corrected chi connectivity index (χ3v) is 3.38. The first-order valence-corrected chi connectivity index (χ1v) is 7.76. The molecule has 0 N–H and O–H groups in total. The Morgan fingerprint density at radius 2 is 1.20 bits per heavy atom. The minimum atomic E-state index is 0.481. The molecule has 1 nitrogen and oxygen atoms in total. The van der Waals surface area contributed by atoms with Gasteiger partial charge >= 0.3 is 106 Å². The third-order valence-electron chi connectivity index (χ3n) is 2.88. The van der Waals surface area contributed by atoms with Crippen molar-refractivity contribution in [2.75, 3.05) is 0 Å². The Hall–Kier alpha value is 0.670. The van der Waals surface area contributed by atoms with Crippen LogP contribution in [0.1, 0.15) is 77.6 Å². The normalized spacial score (nSPS) is 10.6. The Morgan fingerprint density at radius 3 is 1.60 bits per heavy atom. The van der Waals surface area contributed by atoms with Crippen LogP contribution in [0.5, 0.6) is 0 Å². The Labute approximate surface area is 113 Å². The molecule has 0 amide bonds. The van der Waals surface area contributed by atoms with Gasteiger partial charge in [-0.05, 0) is 0 Å². The first-order valence-electron chi connectivity index (χ1n) is 6.76. The van der Waals surface area contributed by atoms with E-state index in [1.54, 1.807) is 0 Å². The Bertz CT molecular complexity index is 145. The van der Waals surface area contributed by atoms with Gasteiger partial charge in [0.1, 0.15) is 0 Å². The number of rotatable bonds is 11. The fraction of sp³-hybridized carbons (Fsp3) is 0.923. The maximum absolute atomic E-state index is 10.7. The third kappa shape index (κ3) is 14.7. The van der Waals surface area contributed by atoms with Crippen LogP contribution in [-0.4, -0.2) is 31.0 Å². The van der Waals surface area contributed by atoms with Crippen LogP contribution in [0.15, 0.2) is 0 Å². The number of unbranched alkanes of at least 4 members (excludes halogenated alkanes) is 9. The summed E-state index contributed by atoms with van der Waals surface area (Å²) >= 11 is 0.751.